The van der Waals surface area contributed by atoms with Gasteiger partial charge >= 0.3 is 0 Å². The van der Waals surface area contributed by atoms with E-state index in [-0.39, 0.29) is 11.8 Å². The molecule has 3 aromatic rings. The number of carbonyl (C=O) groups excluding carboxylic acids is 2. The molecule has 0 fully saturated rings. The van der Waals surface area contributed by atoms with Crippen LogP contribution in [-0.2, 0) is 22.6 Å². The van der Waals surface area contributed by atoms with Crippen LogP contribution in [-0.4, -0.2) is 36.4 Å². The van der Waals surface area contributed by atoms with E-state index in [1.165, 1.54) is 5.39 Å². The first-order valence-electron chi connectivity index (χ1n) is 11.7. The van der Waals surface area contributed by atoms with Gasteiger partial charge in [0.1, 0.15) is 11.8 Å². The first kappa shape index (κ1) is 24.3. The summed E-state index contributed by atoms with van der Waals surface area (Å²) in [7, 11) is 1.62. The number of benzene rings is 3. The van der Waals surface area contributed by atoms with Crippen molar-refractivity contribution in [2.24, 2.45) is 0 Å². The van der Waals surface area contributed by atoms with Crippen molar-refractivity contribution in [3.05, 3.63) is 77.9 Å². The molecule has 0 bridgehead atoms. The summed E-state index contributed by atoms with van der Waals surface area (Å²) in [4.78, 5) is 27.9. The summed E-state index contributed by atoms with van der Waals surface area (Å²) in [6.45, 7) is 4.86. The number of ether oxygens (including phenoxy) is 1. The second-order valence-electron chi connectivity index (χ2n) is 8.33. The van der Waals surface area contributed by atoms with Gasteiger partial charge in [-0.15, -0.1) is 0 Å². The summed E-state index contributed by atoms with van der Waals surface area (Å²) < 4.78 is 5.33. The van der Waals surface area contributed by atoms with Crippen molar-refractivity contribution in [1.29, 1.82) is 0 Å². The van der Waals surface area contributed by atoms with Crippen LogP contribution < -0.4 is 10.1 Å². The van der Waals surface area contributed by atoms with E-state index in [0.717, 1.165) is 35.1 Å². The Bertz CT molecular complexity index is 1070. The van der Waals surface area contributed by atoms with Gasteiger partial charge in [-0.05, 0) is 53.8 Å². The average molecular weight is 447 g/mol. The molecule has 3 aromatic carbocycles. The van der Waals surface area contributed by atoms with Crippen LogP contribution in [0.15, 0.2) is 66.7 Å². The molecular formula is C28H34N2O3. The van der Waals surface area contributed by atoms with Gasteiger partial charge in [0.15, 0.2) is 0 Å². The maximum Gasteiger partial charge on any atom is 0.242 e. The zero-order chi connectivity index (χ0) is 23.6. The highest BCUT2D eigenvalue weighted by atomic mass is 16.5. The zero-order valence-corrected chi connectivity index (χ0v) is 19.8. The number of nitrogens with zero attached hydrogens (tertiary/aromatic N) is 1. The summed E-state index contributed by atoms with van der Waals surface area (Å²) >= 11 is 0. The molecule has 0 radical (unpaired) electrons. The molecule has 1 N–H and O–H groups in total. The number of methoxy groups -OCH3 is 1. The monoisotopic (exact) mass is 446 g/mol. The molecule has 0 aromatic heterocycles. The molecule has 1 unspecified atom stereocenters. The third kappa shape index (κ3) is 6.58. The van der Waals surface area contributed by atoms with Crippen LogP contribution in [0.4, 0.5) is 0 Å². The first-order chi connectivity index (χ1) is 16.0. The van der Waals surface area contributed by atoms with Crippen LogP contribution >= 0.6 is 0 Å². The minimum absolute atomic E-state index is 0.0381. The van der Waals surface area contributed by atoms with Gasteiger partial charge in [-0.25, -0.2) is 0 Å². The Morgan fingerprint density at radius 1 is 1.03 bits per heavy atom. The van der Waals surface area contributed by atoms with E-state index in [2.05, 4.69) is 36.5 Å². The summed E-state index contributed by atoms with van der Waals surface area (Å²) in [5, 5.41) is 5.30. The van der Waals surface area contributed by atoms with Gasteiger partial charge in [0.25, 0.3) is 0 Å². The third-order valence-electron chi connectivity index (χ3n) is 5.97. The number of fused-ring (bicyclic) bond motifs is 1. The zero-order valence-electron chi connectivity index (χ0n) is 19.8. The lowest BCUT2D eigenvalue weighted by atomic mass is 10.0. The fourth-order valence-electron chi connectivity index (χ4n) is 3.98. The molecule has 0 spiro atoms. The molecule has 0 saturated carbocycles. The standard InChI is InChI=1S/C28H34N2O3/c1-4-5-18-29-28(32)21(2)30(20-22-10-8-14-25(19-22)33-3)27(31)17-16-24-13-9-12-23-11-6-7-15-26(23)24/h6-15,19,21H,4-5,16-18,20H2,1-3H3,(H,29,32). The normalized spacial score (nSPS) is 11.7. The highest BCUT2D eigenvalue weighted by Crippen LogP contribution is 2.21. The topological polar surface area (TPSA) is 58.6 Å². The van der Waals surface area contributed by atoms with Crippen molar-refractivity contribution in [2.45, 2.75) is 52.1 Å². The van der Waals surface area contributed by atoms with E-state index in [1.54, 1.807) is 18.9 Å². The molecule has 0 heterocycles. The molecule has 5 heteroatoms. The Kier molecular flexibility index (Phi) is 8.87. The Morgan fingerprint density at radius 3 is 2.58 bits per heavy atom. The average Bonchev–Trinajstić information content (AvgIpc) is 2.85. The van der Waals surface area contributed by atoms with Gasteiger partial charge in [-0.2, -0.15) is 0 Å². The lowest BCUT2D eigenvalue weighted by molar-refractivity contribution is -0.140. The lowest BCUT2D eigenvalue weighted by Crippen LogP contribution is -2.47. The van der Waals surface area contributed by atoms with Crippen LogP contribution in [0.1, 0.15) is 44.2 Å². The van der Waals surface area contributed by atoms with Gasteiger partial charge in [0.05, 0.1) is 7.11 Å². The van der Waals surface area contributed by atoms with Gasteiger partial charge < -0.3 is 15.0 Å². The smallest absolute Gasteiger partial charge is 0.242 e. The summed E-state index contributed by atoms with van der Waals surface area (Å²) in [5.41, 5.74) is 2.07. The highest BCUT2D eigenvalue weighted by molar-refractivity contribution is 5.88. The molecule has 33 heavy (non-hydrogen) atoms. The number of aryl methyl sites for hydroxylation is 1. The molecule has 0 aliphatic heterocycles. The number of amides is 2. The quantitative estimate of drug-likeness (QED) is 0.416. The molecule has 1 atom stereocenters. The van der Waals surface area contributed by atoms with Crippen molar-refractivity contribution < 1.29 is 14.3 Å². The van der Waals surface area contributed by atoms with Crippen molar-refractivity contribution in [1.82, 2.24) is 10.2 Å². The second kappa shape index (κ2) is 12.0. The molecule has 5 nitrogen and oxygen atoms in total. The molecule has 0 saturated heterocycles. The number of nitrogens with one attached hydrogen (secondary N) is 1. The minimum Gasteiger partial charge on any atom is -0.497 e. The van der Waals surface area contributed by atoms with Crippen LogP contribution in [0.2, 0.25) is 0 Å². The van der Waals surface area contributed by atoms with E-state index in [0.29, 0.717) is 25.9 Å². The summed E-state index contributed by atoms with van der Waals surface area (Å²) in [6.07, 6.45) is 2.89. The predicted molar refractivity (Wildman–Crippen MR) is 133 cm³/mol. The Labute approximate surface area is 196 Å². The van der Waals surface area contributed by atoms with E-state index in [4.69, 9.17) is 4.74 Å². The Morgan fingerprint density at radius 2 is 1.79 bits per heavy atom. The van der Waals surface area contributed by atoms with Gasteiger partial charge in [-0.1, -0.05) is 67.9 Å². The predicted octanol–water partition coefficient (Wildman–Crippen LogP) is 5.11. The van der Waals surface area contributed by atoms with E-state index in [1.807, 2.05) is 42.5 Å². The van der Waals surface area contributed by atoms with E-state index in [9.17, 15) is 9.59 Å². The molecule has 2 amide bonds. The molecular weight excluding hydrogens is 412 g/mol. The number of hydrogen-bond acceptors (Lipinski definition) is 3. The largest absolute Gasteiger partial charge is 0.497 e. The van der Waals surface area contributed by atoms with Gasteiger partial charge in [0, 0.05) is 19.5 Å². The van der Waals surface area contributed by atoms with Gasteiger partial charge in [-0.3, -0.25) is 9.59 Å². The van der Waals surface area contributed by atoms with Crippen LogP contribution in [0.25, 0.3) is 10.8 Å². The summed E-state index contributed by atoms with van der Waals surface area (Å²) in [6, 6.07) is 21.5. The molecule has 3 rings (SSSR count). The SMILES string of the molecule is CCCCNC(=O)C(C)N(Cc1cccc(OC)c1)C(=O)CCc1cccc2ccccc12. The lowest BCUT2D eigenvalue weighted by Gasteiger charge is -2.29. The number of rotatable bonds is 11. The van der Waals surface area contributed by atoms with Crippen molar-refractivity contribution >= 4 is 22.6 Å². The van der Waals surface area contributed by atoms with Crippen molar-refractivity contribution in [2.75, 3.05) is 13.7 Å². The fourth-order valence-corrected chi connectivity index (χ4v) is 3.98. The van der Waals surface area contributed by atoms with Crippen LogP contribution in [0.5, 0.6) is 5.75 Å². The second-order valence-corrected chi connectivity index (χ2v) is 8.33. The number of hydrogen-bond donors (Lipinski definition) is 1. The Balaban J connectivity index is 1.77. The van der Waals surface area contributed by atoms with E-state index >= 15 is 0 Å². The summed E-state index contributed by atoms with van der Waals surface area (Å²) in [5.74, 6) is 0.574. The molecule has 0 aliphatic rings. The minimum atomic E-state index is -0.562. The maximum atomic E-state index is 13.4. The van der Waals surface area contributed by atoms with Crippen molar-refractivity contribution in [3.8, 4) is 5.75 Å². The van der Waals surface area contributed by atoms with Crippen LogP contribution in [0.3, 0.4) is 0 Å². The maximum absolute atomic E-state index is 13.4. The number of unbranched alkanes of at least 4 members (excludes halogenated alkanes) is 1. The molecule has 174 valence electrons. The first-order valence-corrected chi connectivity index (χ1v) is 11.7. The Hall–Kier alpha value is -3.34. The van der Waals surface area contributed by atoms with E-state index < -0.39 is 6.04 Å². The van der Waals surface area contributed by atoms with Gasteiger partial charge in [0.2, 0.25) is 11.8 Å². The number of carbonyl (C=O) groups is 2. The highest BCUT2D eigenvalue weighted by Gasteiger charge is 2.26. The molecule has 0 aliphatic carbocycles. The van der Waals surface area contributed by atoms with Crippen molar-refractivity contribution in [3.63, 3.8) is 0 Å². The van der Waals surface area contributed by atoms with Crippen LogP contribution in [0, 0.1) is 0 Å². The third-order valence-corrected chi connectivity index (χ3v) is 5.97. The fraction of sp³-hybridized carbons (Fsp3) is 0.357.